The van der Waals surface area contributed by atoms with Crippen molar-refractivity contribution < 1.29 is 0 Å². The number of rotatable bonds is 1. The summed E-state index contributed by atoms with van der Waals surface area (Å²) in [6.45, 7) is 2.14. The number of likely N-dealkylation sites (tertiary alicyclic amines) is 1. The van der Waals surface area contributed by atoms with Crippen molar-refractivity contribution in [2.45, 2.75) is 18.4 Å². The summed E-state index contributed by atoms with van der Waals surface area (Å²) in [5, 5.41) is 1.33. The van der Waals surface area contributed by atoms with Crippen LogP contribution in [0.2, 0.25) is 0 Å². The van der Waals surface area contributed by atoms with Gasteiger partial charge in [0.05, 0.1) is 0 Å². The first-order valence-corrected chi connectivity index (χ1v) is 6.62. The highest BCUT2D eigenvalue weighted by Gasteiger charge is 2.24. The number of aromatic nitrogens is 1. The summed E-state index contributed by atoms with van der Waals surface area (Å²) in [5.74, 6) is 0.573. The third-order valence-electron chi connectivity index (χ3n) is 4.05. The van der Waals surface area contributed by atoms with Gasteiger partial charge < -0.3 is 15.2 Å². The average molecular weight is 243 g/mol. The van der Waals surface area contributed by atoms with Gasteiger partial charge in [0.15, 0.2) is 0 Å². The molecule has 1 aromatic heterocycles. The lowest BCUT2D eigenvalue weighted by Gasteiger charge is -2.34. The normalized spacial score (nSPS) is 25.7. The highest BCUT2D eigenvalue weighted by molar-refractivity contribution is 5.80. The van der Waals surface area contributed by atoms with Gasteiger partial charge in [-0.2, -0.15) is 0 Å². The van der Waals surface area contributed by atoms with Crippen molar-refractivity contribution >= 4 is 10.9 Å². The first-order chi connectivity index (χ1) is 8.63. The van der Waals surface area contributed by atoms with Crippen molar-refractivity contribution in [3.8, 4) is 0 Å². The molecule has 1 aliphatic heterocycles. The van der Waals surface area contributed by atoms with E-state index in [2.05, 4.69) is 54.0 Å². The molecule has 0 spiro atoms. The molecule has 2 unspecified atom stereocenters. The van der Waals surface area contributed by atoms with Crippen molar-refractivity contribution in [3.63, 3.8) is 0 Å². The molecular formula is C15H21N3. The van der Waals surface area contributed by atoms with Crippen LogP contribution in [0.5, 0.6) is 0 Å². The Morgan fingerprint density at radius 3 is 2.78 bits per heavy atom. The molecule has 96 valence electrons. The largest absolute Gasteiger partial charge is 0.351 e. The van der Waals surface area contributed by atoms with Crippen LogP contribution in [-0.2, 0) is 7.05 Å². The Balaban J connectivity index is 1.93. The smallest absolute Gasteiger partial charge is 0.0477 e. The summed E-state index contributed by atoms with van der Waals surface area (Å²) < 4.78 is 2.16. The van der Waals surface area contributed by atoms with Crippen LogP contribution < -0.4 is 5.73 Å². The summed E-state index contributed by atoms with van der Waals surface area (Å²) in [5.41, 5.74) is 8.85. The fourth-order valence-electron chi connectivity index (χ4n) is 3.16. The zero-order chi connectivity index (χ0) is 12.7. The predicted octanol–water partition coefficient (Wildman–Crippen LogP) is 1.92. The van der Waals surface area contributed by atoms with Gasteiger partial charge in [0.1, 0.15) is 0 Å². The number of hydrogen-bond donors (Lipinski definition) is 1. The van der Waals surface area contributed by atoms with Crippen LogP contribution in [0.4, 0.5) is 0 Å². The average Bonchev–Trinajstić information content (AvgIpc) is 2.69. The topological polar surface area (TPSA) is 34.2 Å². The van der Waals surface area contributed by atoms with Crippen LogP contribution in [0.15, 0.2) is 30.5 Å². The molecule has 0 radical (unpaired) electrons. The Kier molecular flexibility index (Phi) is 2.88. The van der Waals surface area contributed by atoms with E-state index in [0.29, 0.717) is 12.0 Å². The SMILES string of the molecule is CN1CC(N)CC(c2ccc3c(ccn3C)c2)C1. The number of hydrogen-bond acceptors (Lipinski definition) is 2. The van der Waals surface area contributed by atoms with Crippen molar-refractivity contribution in [1.29, 1.82) is 0 Å². The quantitative estimate of drug-likeness (QED) is 0.830. The number of likely N-dealkylation sites (N-methyl/N-ethyl adjacent to an activating group) is 1. The maximum absolute atomic E-state index is 6.12. The molecule has 2 N–H and O–H groups in total. The molecule has 0 amide bonds. The number of benzene rings is 1. The summed E-state index contributed by atoms with van der Waals surface area (Å²) in [6.07, 6.45) is 3.22. The second kappa shape index (κ2) is 4.41. The Bertz CT molecular complexity index is 548. The number of nitrogens with two attached hydrogens (primary N) is 1. The predicted molar refractivity (Wildman–Crippen MR) is 75.7 cm³/mol. The van der Waals surface area contributed by atoms with Crippen LogP contribution >= 0.6 is 0 Å². The molecule has 2 heterocycles. The molecule has 1 aromatic carbocycles. The van der Waals surface area contributed by atoms with E-state index < -0.39 is 0 Å². The van der Waals surface area contributed by atoms with Gasteiger partial charge in [-0.15, -0.1) is 0 Å². The zero-order valence-corrected chi connectivity index (χ0v) is 11.1. The third-order valence-corrected chi connectivity index (χ3v) is 4.05. The van der Waals surface area contributed by atoms with E-state index in [1.54, 1.807) is 0 Å². The van der Waals surface area contributed by atoms with E-state index in [1.165, 1.54) is 16.5 Å². The van der Waals surface area contributed by atoms with Gasteiger partial charge >= 0.3 is 0 Å². The highest BCUT2D eigenvalue weighted by atomic mass is 15.1. The maximum atomic E-state index is 6.12. The number of piperidine rings is 1. The second-order valence-electron chi connectivity index (χ2n) is 5.66. The Labute approximate surface area is 108 Å². The molecule has 3 heteroatoms. The number of nitrogens with zero attached hydrogens (tertiary/aromatic N) is 2. The molecule has 0 aliphatic carbocycles. The van der Waals surface area contributed by atoms with Crippen molar-refractivity contribution in [3.05, 3.63) is 36.0 Å². The minimum absolute atomic E-state index is 0.306. The molecule has 0 bridgehead atoms. The second-order valence-corrected chi connectivity index (χ2v) is 5.66. The molecule has 1 aliphatic rings. The minimum atomic E-state index is 0.306. The van der Waals surface area contributed by atoms with Crippen LogP contribution in [0, 0.1) is 0 Å². The van der Waals surface area contributed by atoms with Crippen LogP contribution in [-0.4, -0.2) is 35.6 Å². The van der Waals surface area contributed by atoms with Gasteiger partial charge in [-0.25, -0.2) is 0 Å². The molecule has 2 atom stereocenters. The molecule has 3 rings (SSSR count). The number of aryl methyl sites for hydroxylation is 1. The van der Waals surface area contributed by atoms with E-state index in [9.17, 15) is 0 Å². The Hall–Kier alpha value is -1.32. The Morgan fingerprint density at radius 2 is 2.00 bits per heavy atom. The van der Waals surface area contributed by atoms with Crippen LogP contribution in [0.1, 0.15) is 17.9 Å². The van der Waals surface area contributed by atoms with E-state index in [-0.39, 0.29) is 0 Å². The third kappa shape index (κ3) is 2.04. The van der Waals surface area contributed by atoms with Gasteiger partial charge in [-0.1, -0.05) is 6.07 Å². The first-order valence-electron chi connectivity index (χ1n) is 6.62. The lowest BCUT2D eigenvalue weighted by atomic mass is 9.88. The van der Waals surface area contributed by atoms with Gasteiger partial charge in [0.2, 0.25) is 0 Å². The summed E-state index contributed by atoms with van der Waals surface area (Å²) >= 11 is 0. The lowest BCUT2D eigenvalue weighted by Crippen LogP contribution is -2.44. The van der Waals surface area contributed by atoms with Gasteiger partial charge in [0.25, 0.3) is 0 Å². The van der Waals surface area contributed by atoms with Crippen molar-refractivity contribution in [2.75, 3.05) is 20.1 Å². The van der Waals surface area contributed by atoms with Crippen molar-refractivity contribution in [1.82, 2.24) is 9.47 Å². The van der Waals surface area contributed by atoms with Crippen molar-refractivity contribution in [2.24, 2.45) is 12.8 Å². The maximum Gasteiger partial charge on any atom is 0.0477 e. The number of fused-ring (bicyclic) bond motifs is 1. The van der Waals surface area contributed by atoms with E-state index >= 15 is 0 Å². The molecule has 18 heavy (non-hydrogen) atoms. The molecule has 0 saturated carbocycles. The Morgan fingerprint density at radius 1 is 1.17 bits per heavy atom. The van der Waals surface area contributed by atoms with Gasteiger partial charge in [-0.05, 0) is 48.5 Å². The summed E-state index contributed by atoms with van der Waals surface area (Å²) in [4.78, 5) is 2.34. The molecular weight excluding hydrogens is 222 g/mol. The lowest BCUT2D eigenvalue weighted by molar-refractivity contribution is 0.227. The molecule has 1 fully saturated rings. The van der Waals surface area contributed by atoms with Crippen LogP contribution in [0.25, 0.3) is 10.9 Å². The van der Waals surface area contributed by atoms with Gasteiger partial charge in [0, 0.05) is 37.9 Å². The summed E-state index contributed by atoms with van der Waals surface area (Å²) in [7, 11) is 4.25. The standard InChI is InChI=1S/C15H21N3/c1-17-9-13(8-14(16)10-17)11-3-4-15-12(7-11)5-6-18(15)2/h3-7,13-14H,8-10,16H2,1-2H3. The molecule has 1 saturated heterocycles. The van der Waals surface area contributed by atoms with E-state index in [0.717, 1.165) is 19.5 Å². The molecule has 2 aromatic rings. The van der Waals surface area contributed by atoms with E-state index in [1.807, 2.05) is 0 Å². The highest BCUT2D eigenvalue weighted by Crippen LogP contribution is 2.28. The first kappa shape index (κ1) is 11.8. The van der Waals surface area contributed by atoms with Gasteiger partial charge in [-0.3, -0.25) is 0 Å². The summed E-state index contributed by atoms with van der Waals surface area (Å²) in [6, 6.07) is 9.31. The zero-order valence-electron chi connectivity index (χ0n) is 11.1. The van der Waals surface area contributed by atoms with Crippen LogP contribution in [0.3, 0.4) is 0 Å². The molecule has 3 nitrogen and oxygen atoms in total. The monoisotopic (exact) mass is 243 g/mol. The fraction of sp³-hybridized carbons (Fsp3) is 0.467. The fourth-order valence-corrected chi connectivity index (χ4v) is 3.16. The van der Waals surface area contributed by atoms with E-state index in [4.69, 9.17) is 5.73 Å². The minimum Gasteiger partial charge on any atom is -0.351 e.